The van der Waals surface area contributed by atoms with Crippen molar-refractivity contribution in [2.24, 2.45) is 0 Å². The fourth-order valence-electron chi connectivity index (χ4n) is 4.40. The van der Waals surface area contributed by atoms with Gasteiger partial charge in [0, 0.05) is 0 Å². The minimum atomic E-state index is -4.05. The van der Waals surface area contributed by atoms with Crippen LogP contribution in [0.3, 0.4) is 0 Å². The molecule has 0 saturated carbocycles. The minimum Gasteiger partial charge on any atom is -0.314 e. The van der Waals surface area contributed by atoms with Crippen LogP contribution in [0.4, 0.5) is 12.3 Å². The van der Waals surface area contributed by atoms with Crippen molar-refractivity contribution in [2.75, 3.05) is 0 Å². The lowest BCUT2D eigenvalue weighted by Gasteiger charge is -2.23. The van der Waals surface area contributed by atoms with E-state index in [-0.39, 0.29) is 12.1 Å². The van der Waals surface area contributed by atoms with E-state index >= 15 is 4.11 Å². The van der Waals surface area contributed by atoms with Crippen molar-refractivity contribution in [3.8, 4) is 0 Å². The van der Waals surface area contributed by atoms with Crippen molar-refractivity contribution >= 4 is 17.1 Å². The lowest BCUT2D eigenvalue weighted by atomic mass is 10.2. The second-order valence-corrected chi connectivity index (χ2v) is 16.2. The van der Waals surface area contributed by atoms with Gasteiger partial charge >= 0.3 is 8.74 Å². The molecule has 0 radical (unpaired) electrons. The van der Waals surface area contributed by atoms with E-state index in [1.807, 2.05) is 0 Å². The van der Waals surface area contributed by atoms with E-state index in [1.54, 1.807) is 0 Å². The Labute approximate surface area is 189 Å². The molecule has 0 N–H and O–H groups in total. The summed E-state index contributed by atoms with van der Waals surface area (Å²) in [5, 5.41) is 0. The van der Waals surface area contributed by atoms with Gasteiger partial charge in [-0.25, -0.2) is 0 Å². The molecular weight excluding hydrogens is 413 g/mol. The summed E-state index contributed by atoms with van der Waals surface area (Å²) < 4.78 is 44.2. The summed E-state index contributed by atoms with van der Waals surface area (Å²) in [7, 11) is -6.78. The lowest BCUT2D eigenvalue weighted by Crippen LogP contribution is -2.28. The van der Waals surface area contributed by atoms with Gasteiger partial charge in [0.15, 0.2) is 0 Å². The number of hydrogen-bond donors (Lipinski definition) is 0. The van der Waals surface area contributed by atoms with Crippen LogP contribution in [0, 0.1) is 0 Å². The summed E-state index contributed by atoms with van der Waals surface area (Å²) >= 11 is 0. The zero-order valence-electron chi connectivity index (χ0n) is 20.7. The fourth-order valence-corrected chi connectivity index (χ4v) is 9.59. The molecule has 5 heteroatoms. The first-order valence-corrected chi connectivity index (χ1v) is 18.1. The Balaban J connectivity index is 4.22. The third-order valence-electron chi connectivity index (χ3n) is 6.52. The van der Waals surface area contributed by atoms with E-state index in [4.69, 9.17) is 0 Å². The molecule has 0 amide bonds. The summed E-state index contributed by atoms with van der Waals surface area (Å²) in [6.45, 7) is 6.55. The maximum atomic E-state index is 15.7. The molecule has 0 nitrogen and oxygen atoms in total. The van der Waals surface area contributed by atoms with Crippen LogP contribution in [0.25, 0.3) is 0 Å². The van der Waals surface area contributed by atoms with Crippen LogP contribution >= 0.6 is 0 Å². The molecule has 0 rings (SSSR count). The largest absolute Gasteiger partial charge is 0.425 e. The van der Waals surface area contributed by atoms with Gasteiger partial charge in [0.05, 0.1) is 0 Å². The van der Waals surface area contributed by atoms with Crippen LogP contribution in [0.5, 0.6) is 0 Å². The van der Waals surface area contributed by atoms with Crippen LogP contribution in [-0.2, 0) is 0 Å². The van der Waals surface area contributed by atoms with E-state index in [0.29, 0.717) is 25.3 Å². The molecule has 0 saturated heterocycles. The summed E-state index contributed by atoms with van der Waals surface area (Å²) in [6.07, 6.45) is 18.0. The highest BCUT2D eigenvalue weighted by atomic mass is 28.4. The van der Waals surface area contributed by atoms with Gasteiger partial charge in [-0.3, -0.25) is 8.22 Å². The summed E-state index contributed by atoms with van der Waals surface area (Å²) in [4.78, 5) is 0. The second kappa shape index (κ2) is 19.9. The smallest absolute Gasteiger partial charge is 0.314 e. The highest BCUT2D eigenvalue weighted by molar-refractivity contribution is 6.73. The van der Waals surface area contributed by atoms with Crippen LogP contribution < -0.4 is 0 Å². The zero-order valence-corrected chi connectivity index (χ0v) is 22.7. The number of halogens is 3. The second-order valence-electron chi connectivity index (χ2n) is 9.71. The first kappa shape index (κ1) is 30.2. The normalized spacial score (nSPS) is 12.6. The molecule has 0 heterocycles. The Morgan fingerprint density at radius 3 is 1.00 bits per heavy atom. The van der Waals surface area contributed by atoms with Crippen molar-refractivity contribution in [3.05, 3.63) is 0 Å². The Bertz CT molecular complexity index is 350. The quantitative estimate of drug-likeness (QED) is 0.0797. The summed E-state index contributed by atoms with van der Waals surface area (Å²) in [5.41, 5.74) is 0. The molecule has 0 aliphatic carbocycles. The topological polar surface area (TPSA) is 0 Å². The predicted molar refractivity (Wildman–Crippen MR) is 134 cm³/mol. The maximum Gasteiger partial charge on any atom is 0.425 e. The summed E-state index contributed by atoms with van der Waals surface area (Å²) in [5.74, 6) is 0. The predicted octanol–water partition coefficient (Wildman–Crippen LogP) is 11.0. The van der Waals surface area contributed by atoms with Gasteiger partial charge in [0.25, 0.3) is 0 Å². The van der Waals surface area contributed by atoms with E-state index in [2.05, 4.69) is 20.8 Å². The zero-order chi connectivity index (χ0) is 22.6. The molecule has 0 aliphatic heterocycles. The average molecular weight is 467 g/mol. The average Bonchev–Trinajstić information content (AvgIpc) is 2.71. The molecule has 0 aromatic carbocycles. The number of unbranched alkanes of at least 4 members (excludes halogenated alkanes) is 13. The monoisotopic (exact) mass is 466 g/mol. The van der Waals surface area contributed by atoms with Gasteiger partial charge in [-0.2, -0.15) is 0 Å². The van der Waals surface area contributed by atoms with Gasteiger partial charge < -0.3 is 4.11 Å². The van der Waals surface area contributed by atoms with Crippen molar-refractivity contribution < 1.29 is 12.3 Å². The molecular formula is C25H53F3Si2. The molecule has 0 aliphatic rings. The number of hydrogen-bond acceptors (Lipinski definition) is 0. The maximum absolute atomic E-state index is 15.7. The van der Waals surface area contributed by atoms with E-state index in [0.717, 1.165) is 63.5 Å². The van der Waals surface area contributed by atoms with Gasteiger partial charge in [0.2, 0.25) is 8.41 Å². The molecule has 0 spiro atoms. The van der Waals surface area contributed by atoms with Gasteiger partial charge in [-0.1, -0.05) is 130 Å². The first-order chi connectivity index (χ1) is 14.4. The van der Waals surface area contributed by atoms with Crippen molar-refractivity contribution in [2.45, 2.75) is 160 Å². The van der Waals surface area contributed by atoms with Crippen molar-refractivity contribution in [3.63, 3.8) is 0 Å². The highest BCUT2D eigenvalue weighted by Crippen LogP contribution is 2.32. The van der Waals surface area contributed by atoms with E-state index < -0.39 is 17.1 Å². The molecule has 0 unspecified atom stereocenters. The molecule has 0 atom stereocenters. The highest BCUT2D eigenvalue weighted by Gasteiger charge is 2.35. The fraction of sp³-hybridized carbons (Fsp3) is 1.00. The van der Waals surface area contributed by atoms with Gasteiger partial charge in [-0.15, -0.1) is 0 Å². The molecule has 0 aromatic heterocycles. The summed E-state index contributed by atoms with van der Waals surface area (Å²) in [6, 6.07) is 2.43. The van der Waals surface area contributed by atoms with E-state index in [1.165, 1.54) is 38.5 Å². The van der Waals surface area contributed by atoms with Gasteiger partial charge in [0.1, 0.15) is 0 Å². The van der Waals surface area contributed by atoms with E-state index in [9.17, 15) is 8.22 Å². The first-order valence-electron chi connectivity index (χ1n) is 13.5. The standard InChI is InChI=1S/C25H53F3Si2/c1-4-7-10-13-16-21-29(26,22-17-14-11-8-5-2)23-19-20-25-30(27,28)24-18-15-12-9-6-3/h4-25H2,1-3H3. The Morgan fingerprint density at radius 2 is 0.633 bits per heavy atom. The molecule has 0 fully saturated rings. The Hall–Kier alpha value is 0.224. The van der Waals surface area contributed by atoms with Gasteiger partial charge in [-0.05, 0) is 30.2 Å². The van der Waals surface area contributed by atoms with Crippen LogP contribution in [0.1, 0.15) is 130 Å². The Morgan fingerprint density at radius 1 is 0.367 bits per heavy atom. The van der Waals surface area contributed by atoms with Crippen LogP contribution in [-0.4, -0.2) is 17.1 Å². The number of rotatable bonds is 23. The third kappa shape index (κ3) is 19.0. The SMILES string of the molecule is CCCCCCC[Si](F)(F)CCCC[Si](F)(CCCCCCC)CCCCCCC. The third-order valence-corrected chi connectivity index (χ3v) is 12.4. The Kier molecular flexibility index (Phi) is 20.0. The molecule has 182 valence electrons. The van der Waals surface area contributed by atoms with Crippen molar-refractivity contribution in [1.29, 1.82) is 0 Å². The lowest BCUT2D eigenvalue weighted by molar-refractivity contribution is 0.552. The van der Waals surface area contributed by atoms with Crippen LogP contribution in [0.15, 0.2) is 0 Å². The molecule has 30 heavy (non-hydrogen) atoms. The molecule has 0 aromatic rings. The van der Waals surface area contributed by atoms with Crippen molar-refractivity contribution in [1.82, 2.24) is 0 Å². The minimum absolute atomic E-state index is 0.0955. The molecule has 0 bridgehead atoms. The van der Waals surface area contributed by atoms with Crippen LogP contribution in [0.2, 0.25) is 30.2 Å².